The molecule has 136 valence electrons. The summed E-state index contributed by atoms with van der Waals surface area (Å²) >= 11 is 0. The Balaban J connectivity index is 1.48. The molecule has 0 spiro atoms. The van der Waals surface area contributed by atoms with Crippen LogP contribution in [0.3, 0.4) is 0 Å². The van der Waals surface area contributed by atoms with Gasteiger partial charge in [-0.25, -0.2) is 4.98 Å². The number of aromatic nitrogens is 4. The zero-order valence-corrected chi connectivity index (χ0v) is 14.9. The number of rotatable bonds is 3. The van der Waals surface area contributed by atoms with Crippen molar-refractivity contribution in [1.29, 1.82) is 0 Å². The van der Waals surface area contributed by atoms with E-state index < -0.39 is 0 Å². The molecule has 1 amide bonds. The highest BCUT2D eigenvalue weighted by molar-refractivity contribution is 5.92. The number of aryl methyl sites for hydroxylation is 1. The molecule has 1 saturated heterocycles. The molecule has 0 unspecified atom stereocenters. The summed E-state index contributed by atoms with van der Waals surface area (Å²) in [7, 11) is 0. The Hall–Kier alpha value is -3.09. The Morgan fingerprint density at radius 2 is 2.00 bits per heavy atom. The normalized spacial score (nSPS) is 23.7. The summed E-state index contributed by atoms with van der Waals surface area (Å²) in [5.74, 6) is 1.30. The van der Waals surface area contributed by atoms with Gasteiger partial charge in [0.2, 0.25) is 11.7 Å². The first-order chi connectivity index (χ1) is 13.2. The molecular formula is C20H19N5O2. The SMILES string of the molecule is Cc1cnc(C(=O)N2[C@H]3CC[C@H](C3)[C@H]2c2nc(-c3ccccc3)no2)cn1. The van der Waals surface area contributed by atoms with Crippen molar-refractivity contribution in [2.75, 3.05) is 0 Å². The van der Waals surface area contributed by atoms with Crippen LogP contribution in [0.4, 0.5) is 0 Å². The van der Waals surface area contributed by atoms with E-state index in [9.17, 15) is 4.79 Å². The number of likely N-dealkylation sites (tertiary alicyclic amines) is 1. The molecule has 1 aliphatic heterocycles. The monoisotopic (exact) mass is 361 g/mol. The highest BCUT2D eigenvalue weighted by Gasteiger charge is 2.51. The van der Waals surface area contributed by atoms with E-state index in [4.69, 9.17) is 4.52 Å². The molecule has 3 atom stereocenters. The molecule has 0 radical (unpaired) electrons. The van der Waals surface area contributed by atoms with Crippen LogP contribution in [-0.4, -0.2) is 37.0 Å². The lowest BCUT2D eigenvalue weighted by Crippen LogP contribution is -2.40. The van der Waals surface area contributed by atoms with E-state index in [1.165, 1.54) is 0 Å². The summed E-state index contributed by atoms with van der Waals surface area (Å²) in [5.41, 5.74) is 2.05. The predicted molar refractivity (Wildman–Crippen MR) is 96.5 cm³/mol. The summed E-state index contributed by atoms with van der Waals surface area (Å²) in [4.78, 5) is 28.1. The first-order valence-corrected chi connectivity index (χ1v) is 9.21. The molecule has 1 aromatic carbocycles. The van der Waals surface area contributed by atoms with Gasteiger partial charge in [0.1, 0.15) is 11.7 Å². The maximum absolute atomic E-state index is 13.1. The van der Waals surface area contributed by atoms with Gasteiger partial charge in [0.05, 0.1) is 11.9 Å². The standard InChI is InChI=1S/C20H19N5O2/c1-12-10-22-16(11-21-12)20(26)25-15-8-7-14(9-15)17(25)19-23-18(24-27-19)13-5-3-2-4-6-13/h2-6,10-11,14-15,17H,7-9H2,1H3/t14-,15+,17+/m1/s1. The van der Waals surface area contributed by atoms with Crippen LogP contribution in [-0.2, 0) is 0 Å². The van der Waals surface area contributed by atoms with Crippen molar-refractivity contribution in [1.82, 2.24) is 25.0 Å². The van der Waals surface area contributed by atoms with Gasteiger partial charge >= 0.3 is 0 Å². The molecule has 1 saturated carbocycles. The number of nitrogens with zero attached hydrogens (tertiary/aromatic N) is 5. The van der Waals surface area contributed by atoms with Gasteiger partial charge in [-0.3, -0.25) is 9.78 Å². The van der Waals surface area contributed by atoms with E-state index in [1.807, 2.05) is 42.2 Å². The van der Waals surface area contributed by atoms with Crippen molar-refractivity contribution in [3.8, 4) is 11.4 Å². The topological polar surface area (TPSA) is 85.0 Å². The highest BCUT2D eigenvalue weighted by Crippen LogP contribution is 2.50. The molecule has 2 bridgehead atoms. The van der Waals surface area contributed by atoms with Crippen molar-refractivity contribution in [2.45, 2.75) is 38.3 Å². The Morgan fingerprint density at radius 3 is 2.78 bits per heavy atom. The number of hydrogen-bond acceptors (Lipinski definition) is 6. The van der Waals surface area contributed by atoms with Gasteiger partial charge in [0, 0.05) is 17.8 Å². The quantitative estimate of drug-likeness (QED) is 0.712. The molecule has 7 nitrogen and oxygen atoms in total. The molecule has 2 aromatic heterocycles. The zero-order chi connectivity index (χ0) is 18.4. The second-order valence-corrected chi connectivity index (χ2v) is 7.25. The number of carbonyl (C=O) groups is 1. The van der Waals surface area contributed by atoms with E-state index in [-0.39, 0.29) is 18.0 Å². The number of fused-ring (bicyclic) bond motifs is 2. The van der Waals surface area contributed by atoms with Gasteiger partial charge in [0.25, 0.3) is 5.91 Å². The molecular weight excluding hydrogens is 342 g/mol. The lowest BCUT2D eigenvalue weighted by Gasteiger charge is -2.32. The largest absolute Gasteiger partial charge is 0.337 e. The maximum Gasteiger partial charge on any atom is 0.274 e. The molecule has 27 heavy (non-hydrogen) atoms. The fourth-order valence-electron chi connectivity index (χ4n) is 4.29. The molecule has 2 aliphatic rings. The van der Waals surface area contributed by atoms with Gasteiger partial charge in [0.15, 0.2) is 0 Å². The molecule has 3 aromatic rings. The number of benzene rings is 1. The lowest BCUT2D eigenvalue weighted by molar-refractivity contribution is 0.0532. The Kier molecular flexibility index (Phi) is 3.74. The minimum atomic E-state index is -0.190. The van der Waals surface area contributed by atoms with Crippen molar-refractivity contribution in [3.63, 3.8) is 0 Å². The Labute approximate surface area is 156 Å². The number of amides is 1. The third kappa shape index (κ3) is 2.70. The highest BCUT2D eigenvalue weighted by atomic mass is 16.5. The number of piperidine rings is 1. The summed E-state index contributed by atoms with van der Waals surface area (Å²) in [6.07, 6.45) is 6.22. The van der Waals surface area contributed by atoms with E-state index in [0.717, 1.165) is 30.5 Å². The summed E-state index contributed by atoms with van der Waals surface area (Å²) in [5, 5.41) is 4.14. The molecule has 0 N–H and O–H groups in total. The van der Waals surface area contributed by atoms with E-state index >= 15 is 0 Å². The summed E-state index contributed by atoms with van der Waals surface area (Å²) in [6, 6.07) is 9.72. The third-order valence-electron chi connectivity index (χ3n) is 5.55. The first-order valence-electron chi connectivity index (χ1n) is 9.21. The van der Waals surface area contributed by atoms with Crippen molar-refractivity contribution in [2.24, 2.45) is 5.92 Å². The summed E-state index contributed by atoms with van der Waals surface area (Å²) in [6.45, 7) is 1.85. The minimum absolute atomic E-state index is 0.112. The average Bonchev–Trinajstić information content (AvgIpc) is 3.44. The summed E-state index contributed by atoms with van der Waals surface area (Å²) < 4.78 is 5.60. The van der Waals surface area contributed by atoms with Gasteiger partial charge in [-0.1, -0.05) is 35.5 Å². The predicted octanol–water partition coefficient (Wildman–Crippen LogP) is 3.20. The smallest absolute Gasteiger partial charge is 0.274 e. The minimum Gasteiger partial charge on any atom is -0.337 e. The van der Waals surface area contributed by atoms with Crippen molar-refractivity contribution in [3.05, 3.63) is 60.0 Å². The van der Waals surface area contributed by atoms with Crippen LogP contribution in [0.2, 0.25) is 0 Å². The fourth-order valence-corrected chi connectivity index (χ4v) is 4.29. The van der Waals surface area contributed by atoms with Crippen molar-refractivity contribution < 1.29 is 9.32 Å². The van der Waals surface area contributed by atoms with Crippen LogP contribution >= 0.6 is 0 Å². The van der Waals surface area contributed by atoms with Gasteiger partial charge in [-0.05, 0) is 32.1 Å². The molecule has 5 rings (SSSR count). The van der Waals surface area contributed by atoms with Crippen molar-refractivity contribution >= 4 is 5.91 Å². The van der Waals surface area contributed by atoms with E-state index in [0.29, 0.717) is 23.3 Å². The average molecular weight is 361 g/mol. The van der Waals surface area contributed by atoms with Crippen LogP contribution in [0.15, 0.2) is 47.2 Å². The molecule has 3 heterocycles. The maximum atomic E-state index is 13.1. The fraction of sp³-hybridized carbons (Fsp3) is 0.350. The number of carbonyl (C=O) groups excluding carboxylic acids is 1. The lowest BCUT2D eigenvalue weighted by atomic mass is 9.98. The zero-order valence-electron chi connectivity index (χ0n) is 14.9. The van der Waals surface area contributed by atoms with Crippen LogP contribution in [0.5, 0.6) is 0 Å². The van der Waals surface area contributed by atoms with Crippen LogP contribution < -0.4 is 0 Å². The number of hydrogen-bond donors (Lipinski definition) is 0. The molecule has 1 aliphatic carbocycles. The Bertz CT molecular complexity index is 970. The second kappa shape index (κ2) is 6.26. The van der Waals surface area contributed by atoms with Crippen LogP contribution in [0, 0.1) is 12.8 Å². The second-order valence-electron chi connectivity index (χ2n) is 7.25. The van der Waals surface area contributed by atoms with E-state index in [2.05, 4.69) is 20.1 Å². The van der Waals surface area contributed by atoms with Gasteiger partial charge in [-0.15, -0.1) is 0 Å². The van der Waals surface area contributed by atoms with Crippen LogP contribution in [0.1, 0.15) is 47.4 Å². The molecule has 2 fully saturated rings. The van der Waals surface area contributed by atoms with Gasteiger partial charge in [-0.2, -0.15) is 4.98 Å². The first kappa shape index (κ1) is 16.1. The van der Waals surface area contributed by atoms with Crippen LogP contribution in [0.25, 0.3) is 11.4 Å². The molecule has 7 heteroatoms. The van der Waals surface area contributed by atoms with E-state index in [1.54, 1.807) is 12.4 Å². The van der Waals surface area contributed by atoms with Gasteiger partial charge < -0.3 is 9.42 Å². The Morgan fingerprint density at radius 1 is 1.15 bits per heavy atom. The third-order valence-corrected chi connectivity index (χ3v) is 5.55.